The van der Waals surface area contributed by atoms with Gasteiger partial charge in [-0.15, -0.1) is 0 Å². The van der Waals surface area contributed by atoms with Crippen molar-refractivity contribution in [2.24, 2.45) is 0 Å². The monoisotopic (exact) mass is 344 g/mol. The molecule has 0 saturated carbocycles. The van der Waals surface area contributed by atoms with Crippen molar-refractivity contribution in [2.75, 3.05) is 10.5 Å². The van der Waals surface area contributed by atoms with Gasteiger partial charge >= 0.3 is 0 Å². The number of benzene rings is 2. The first-order chi connectivity index (χ1) is 9.70. The quantitative estimate of drug-likeness (QED) is 0.826. The zero-order valence-corrected chi connectivity index (χ0v) is 13.8. The highest BCUT2D eigenvalue weighted by molar-refractivity contribution is 7.92. The van der Waals surface area contributed by atoms with Crippen molar-refractivity contribution in [3.63, 3.8) is 0 Å². The lowest BCUT2D eigenvalue weighted by Gasteiger charge is -2.13. The first-order valence-corrected chi connectivity index (χ1v) is 8.29. The summed E-state index contributed by atoms with van der Waals surface area (Å²) in [5, 5.41) is 0.774. The van der Waals surface area contributed by atoms with Crippen LogP contribution in [0.5, 0.6) is 0 Å². The molecule has 0 aliphatic heterocycles. The Morgan fingerprint density at radius 3 is 2.38 bits per heavy atom. The number of anilines is 2. The van der Waals surface area contributed by atoms with Crippen molar-refractivity contribution < 1.29 is 8.42 Å². The summed E-state index contributed by atoms with van der Waals surface area (Å²) in [5.74, 6) is 0. The molecular weight excluding hydrogens is 331 g/mol. The fraction of sp³-hybridized carbons (Fsp3) is 0.143. The van der Waals surface area contributed by atoms with E-state index in [2.05, 4.69) is 4.72 Å². The highest BCUT2D eigenvalue weighted by Crippen LogP contribution is 2.29. The van der Waals surface area contributed by atoms with E-state index in [4.69, 9.17) is 28.9 Å². The molecular formula is C14H14Cl2N2O2S. The molecule has 112 valence electrons. The van der Waals surface area contributed by atoms with Crippen LogP contribution in [0.1, 0.15) is 11.1 Å². The molecule has 2 aromatic carbocycles. The number of nitrogens with two attached hydrogens (primary N) is 1. The summed E-state index contributed by atoms with van der Waals surface area (Å²) in [7, 11) is -3.77. The van der Waals surface area contributed by atoms with Gasteiger partial charge in [0.1, 0.15) is 0 Å². The second kappa shape index (κ2) is 5.75. The van der Waals surface area contributed by atoms with E-state index in [1.165, 1.54) is 12.1 Å². The molecule has 0 fully saturated rings. The van der Waals surface area contributed by atoms with Crippen LogP contribution < -0.4 is 10.5 Å². The summed E-state index contributed by atoms with van der Waals surface area (Å²) in [6.07, 6.45) is 0. The van der Waals surface area contributed by atoms with Crippen molar-refractivity contribution >= 4 is 44.6 Å². The Morgan fingerprint density at radius 1 is 1.05 bits per heavy atom. The average Bonchev–Trinajstić information content (AvgIpc) is 2.37. The molecule has 2 aromatic rings. The van der Waals surface area contributed by atoms with Gasteiger partial charge in [-0.25, -0.2) is 8.42 Å². The predicted molar refractivity (Wildman–Crippen MR) is 87.6 cm³/mol. The topological polar surface area (TPSA) is 72.2 Å². The SMILES string of the molecule is Cc1ccc(Cl)cc1NS(=O)(=O)c1cc(N)c(Cl)cc1C. The maximum absolute atomic E-state index is 12.5. The maximum atomic E-state index is 12.5. The molecule has 0 heterocycles. The summed E-state index contributed by atoms with van der Waals surface area (Å²) in [5.41, 5.74) is 7.61. The van der Waals surface area contributed by atoms with Gasteiger partial charge in [-0.3, -0.25) is 4.72 Å². The van der Waals surface area contributed by atoms with Crippen LogP contribution in [-0.2, 0) is 10.0 Å². The number of hydrogen-bond donors (Lipinski definition) is 2. The highest BCUT2D eigenvalue weighted by Gasteiger charge is 2.19. The van der Waals surface area contributed by atoms with E-state index >= 15 is 0 Å². The Morgan fingerprint density at radius 2 is 1.71 bits per heavy atom. The van der Waals surface area contributed by atoms with Crippen molar-refractivity contribution in [3.05, 3.63) is 51.5 Å². The van der Waals surface area contributed by atoms with Gasteiger partial charge in [-0.05, 0) is 49.2 Å². The second-order valence-corrected chi connectivity index (χ2v) is 7.20. The average molecular weight is 345 g/mol. The van der Waals surface area contributed by atoms with Gasteiger partial charge in [0, 0.05) is 5.02 Å². The molecule has 4 nitrogen and oxygen atoms in total. The van der Waals surface area contributed by atoms with E-state index in [1.807, 2.05) is 0 Å². The maximum Gasteiger partial charge on any atom is 0.262 e. The van der Waals surface area contributed by atoms with Crippen molar-refractivity contribution in [3.8, 4) is 0 Å². The standard InChI is InChI=1S/C14H14Cl2N2O2S/c1-8-3-4-10(15)6-13(8)18-21(19,20)14-7-12(17)11(16)5-9(14)2/h3-7,18H,17H2,1-2H3. The van der Waals surface area contributed by atoms with E-state index in [9.17, 15) is 8.42 Å². The molecule has 7 heteroatoms. The third-order valence-corrected chi connectivity index (χ3v) is 5.10. The van der Waals surface area contributed by atoms with Crippen LogP contribution in [-0.4, -0.2) is 8.42 Å². The fourth-order valence-corrected chi connectivity index (χ4v) is 3.64. The molecule has 0 bridgehead atoms. The molecule has 0 amide bonds. The third kappa shape index (κ3) is 3.43. The number of hydrogen-bond acceptors (Lipinski definition) is 3. The minimum Gasteiger partial charge on any atom is -0.397 e. The van der Waals surface area contributed by atoms with Crippen LogP contribution in [0.25, 0.3) is 0 Å². The fourth-order valence-electron chi connectivity index (χ4n) is 1.86. The predicted octanol–water partition coefficient (Wildman–Crippen LogP) is 3.99. The Kier molecular flexibility index (Phi) is 4.37. The second-order valence-electron chi connectivity index (χ2n) is 4.70. The van der Waals surface area contributed by atoms with Gasteiger partial charge in [0.2, 0.25) is 0 Å². The van der Waals surface area contributed by atoms with Crippen LogP contribution in [0.3, 0.4) is 0 Å². The molecule has 0 aromatic heterocycles. The van der Waals surface area contributed by atoms with Gasteiger partial charge in [0.05, 0.1) is 21.3 Å². The zero-order chi connectivity index (χ0) is 15.8. The van der Waals surface area contributed by atoms with E-state index in [0.717, 1.165) is 5.56 Å². The van der Waals surface area contributed by atoms with E-state index in [1.54, 1.807) is 32.0 Å². The third-order valence-electron chi connectivity index (χ3n) is 3.03. The van der Waals surface area contributed by atoms with Gasteiger partial charge < -0.3 is 5.73 Å². The summed E-state index contributed by atoms with van der Waals surface area (Å²) >= 11 is 11.8. The summed E-state index contributed by atoms with van der Waals surface area (Å²) in [6, 6.07) is 7.86. The van der Waals surface area contributed by atoms with Crippen molar-refractivity contribution in [1.29, 1.82) is 0 Å². The van der Waals surface area contributed by atoms with Crippen molar-refractivity contribution in [2.45, 2.75) is 18.7 Å². The van der Waals surface area contributed by atoms with Crippen molar-refractivity contribution in [1.82, 2.24) is 0 Å². The molecule has 21 heavy (non-hydrogen) atoms. The summed E-state index contributed by atoms with van der Waals surface area (Å²) in [6.45, 7) is 3.45. The van der Waals surface area contributed by atoms with Gasteiger partial charge in [-0.2, -0.15) is 0 Å². The highest BCUT2D eigenvalue weighted by atomic mass is 35.5. The largest absolute Gasteiger partial charge is 0.397 e. The van der Waals surface area contributed by atoms with Crippen LogP contribution >= 0.6 is 23.2 Å². The Hall–Kier alpha value is -1.43. The minimum absolute atomic E-state index is 0.0868. The Bertz CT molecular complexity index is 805. The number of nitrogen functional groups attached to an aromatic ring is 1. The van der Waals surface area contributed by atoms with Gasteiger partial charge in [0.25, 0.3) is 10.0 Å². The lowest BCUT2D eigenvalue weighted by molar-refractivity contribution is 0.600. The first-order valence-electron chi connectivity index (χ1n) is 6.05. The molecule has 2 rings (SSSR count). The Balaban J connectivity index is 2.48. The molecule has 0 atom stereocenters. The van der Waals surface area contributed by atoms with Crippen LogP contribution in [0.2, 0.25) is 10.0 Å². The van der Waals surface area contributed by atoms with E-state index in [-0.39, 0.29) is 10.6 Å². The van der Waals surface area contributed by atoms with E-state index < -0.39 is 10.0 Å². The number of aryl methyl sites for hydroxylation is 2. The van der Waals surface area contributed by atoms with Crippen LogP contribution in [0.15, 0.2) is 35.2 Å². The van der Waals surface area contributed by atoms with Crippen LogP contribution in [0.4, 0.5) is 11.4 Å². The first kappa shape index (κ1) is 15.9. The number of halogens is 2. The Labute approximate surface area is 133 Å². The van der Waals surface area contributed by atoms with Crippen LogP contribution in [0, 0.1) is 13.8 Å². The van der Waals surface area contributed by atoms with Gasteiger partial charge in [-0.1, -0.05) is 29.3 Å². The molecule has 0 aliphatic carbocycles. The lowest BCUT2D eigenvalue weighted by Crippen LogP contribution is -2.15. The normalized spacial score (nSPS) is 11.4. The molecule has 0 spiro atoms. The van der Waals surface area contributed by atoms with E-state index in [0.29, 0.717) is 21.3 Å². The molecule has 0 saturated heterocycles. The molecule has 0 aliphatic rings. The smallest absolute Gasteiger partial charge is 0.262 e. The molecule has 0 radical (unpaired) electrons. The molecule has 0 unspecified atom stereocenters. The molecule has 3 N–H and O–H groups in total. The summed E-state index contributed by atoms with van der Waals surface area (Å²) in [4.78, 5) is 0.0868. The number of rotatable bonds is 3. The summed E-state index contributed by atoms with van der Waals surface area (Å²) < 4.78 is 27.5. The number of sulfonamides is 1. The zero-order valence-electron chi connectivity index (χ0n) is 11.4. The minimum atomic E-state index is -3.77. The van der Waals surface area contributed by atoms with Gasteiger partial charge in [0.15, 0.2) is 0 Å². The number of nitrogens with one attached hydrogen (secondary N) is 1. The lowest BCUT2D eigenvalue weighted by atomic mass is 10.2.